The predicted molar refractivity (Wildman–Crippen MR) is 98.7 cm³/mol. The molecule has 0 atom stereocenters. The zero-order valence-electron chi connectivity index (χ0n) is 14.1. The second kappa shape index (κ2) is 6.62. The summed E-state index contributed by atoms with van der Waals surface area (Å²) in [5, 5.41) is 0. The molecule has 2 aromatic carbocycles. The third kappa shape index (κ3) is 3.20. The molecule has 0 unspecified atom stereocenters. The Kier molecular flexibility index (Phi) is 4.68. The minimum Gasteiger partial charge on any atom is -0.496 e. The largest absolute Gasteiger partial charge is 0.496 e. The van der Waals surface area contributed by atoms with Gasteiger partial charge >= 0.3 is 4.87 Å². The van der Waals surface area contributed by atoms with Crippen LogP contribution in [-0.2, 0) is 23.6 Å². The number of thiazole rings is 1. The maximum Gasteiger partial charge on any atom is 0.307 e. The van der Waals surface area contributed by atoms with Gasteiger partial charge in [0.15, 0.2) is 0 Å². The molecule has 0 aliphatic carbocycles. The van der Waals surface area contributed by atoms with E-state index in [1.807, 2.05) is 18.2 Å². The summed E-state index contributed by atoms with van der Waals surface area (Å²) in [6, 6.07) is 12.0. The van der Waals surface area contributed by atoms with Crippen LogP contribution in [0.25, 0.3) is 10.2 Å². The van der Waals surface area contributed by atoms with E-state index in [4.69, 9.17) is 4.74 Å². The van der Waals surface area contributed by atoms with Crippen molar-refractivity contribution in [3.63, 3.8) is 0 Å². The molecule has 0 fully saturated rings. The van der Waals surface area contributed by atoms with Crippen molar-refractivity contribution in [2.24, 2.45) is 7.05 Å². The maximum absolute atomic E-state index is 12.9. The first-order chi connectivity index (χ1) is 11.8. The first-order valence-corrected chi connectivity index (χ1v) is 9.78. The third-order valence-electron chi connectivity index (χ3n) is 4.06. The number of hydrogen-bond donors (Lipinski definition) is 0. The van der Waals surface area contributed by atoms with Crippen molar-refractivity contribution in [2.45, 2.75) is 11.4 Å². The molecule has 25 heavy (non-hydrogen) atoms. The van der Waals surface area contributed by atoms with Crippen LogP contribution in [0.3, 0.4) is 0 Å². The summed E-state index contributed by atoms with van der Waals surface area (Å²) in [7, 11) is 1.07. The van der Waals surface area contributed by atoms with E-state index in [1.165, 1.54) is 22.0 Å². The van der Waals surface area contributed by atoms with Crippen LogP contribution >= 0.6 is 11.3 Å². The molecule has 0 N–H and O–H groups in total. The van der Waals surface area contributed by atoms with Crippen LogP contribution < -0.4 is 9.61 Å². The molecule has 3 aromatic rings. The summed E-state index contributed by atoms with van der Waals surface area (Å²) < 4.78 is 34.5. The van der Waals surface area contributed by atoms with Gasteiger partial charge in [-0.15, -0.1) is 0 Å². The Hall–Kier alpha value is -2.16. The van der Waals surface area contributed by atoms with E-state index in [-0.39, 0.29) is 16.3 Å². The molecule has 0 bridgehead atoms. The average Bonchev–Trinajstić information content (AvgIpc) is 2.89. The van der Waals surface area contributed by atoms with Gasteiger partial charge in [-0.1, -0.05) is 29.5 Å². The van der Waals surface area contributed by atoms with E-state index in [0.717, 1.165) is 22.4 Å². The van der Waals surface area contributed by atoms with Crippen molar-refractivity contribution in [2.75, 3.05) is 14.2 Å². The van der Waals surface area contributed by atoms with Crippen LogP contribution in [0, 0.1) is 0 Å². The molecular formula is C17H18N2O4S2. The molecule has 6 nitrogen and oxygen atoms in total. The van der Waals surface area contributed by atoms with Crippen molar-refractivity contribution >= 4 is 31.6 Å². The van der Waals surface area contributed by atoms with Gasteiger partial charge in [0, 0.05) is 26.2 Å². The van der Waals surface area contributed by atoms with Crippen LogP contribution in [-0.4, -0.2) is 31.4 Å². The van der Waals surface area contributed by atoms with Crippen LogP contribution in [0.5, 0.6) is 5.75 Å². The van der Waals surface area contributed by atoms with Crippen LogP contribution in [0.2, 0.25) is 0 Å². The highest BCUT2D eigenvalue weighted by Gasteiger charge is 2.23. The Bertz CT molecular complexity index is 1080. The fraction of sp³-hybridized carbons (Fsp3) is 0.235. The van der Waals surface area contributed by atoms with Crippen molar-refractivity contribution in [3.8, 4) is 5.75 Å². The Morgan fingerprint density at radius 3 is 2.64 bits per heavy atom. The molecule has 3 rings (SSSR count). The highest BCUT2D eigenvalue weighted by atomic mass is 32.2. The fourth-order valence-corrected chi connectivity index (χ4v) is 4.78. The van der Waals surface area contributed by atoms with Gasteiger partial charge in [-0.25, -0.2) is 8.42 Å². The number of hydrogen-bond acceptors (Lipinski definition) is 5. The van der Waals surface area contributed by atoms with Crippen LogP contribution in [0.1, 0.15) is 5.56 Å². The Morgan fingerprint density at radius 1 is 1.20 bits per heavy atom. The number of aryl methyl sites for hydroxylation is 1. The van der Waals surface area contributed by atoms with Gasteiger partial charge in [0.25, 0.3) is 0 Å². The highest BCUT2D eigenvalue weighted by molar-refractivity contribution is 7.89. The minimum absolute atomic E-state index is 0.119. The number of sulfonamides is 1. The summed E-state index contributed by atoms with van der Waals surface area (Å²) >= 11 is 1.04. The summed E-state index contributed by atoms with van der Waals surface area (Å²) in [5.41, 5.74) is 1.50. The first-order valence-electron chi connectivity index (χ1n) is 7.52. The molecule has 0 spiro atoms. The Morgan fingerprint density at radius 2 is 1.92 bits per heavy atom. The lowest BCUT2D eigenvalue weighted by atomic mass is 10.2. The van der Waals surface area contributed by atoms with E-state index < -0.39 is 10.0 Å². The van der Waals surface area contributed by atoms with Crippen LogP contribution in [0.15, 0.2) is 52.2 Å². The molecule has 8 heteroatoms. The van der Waals surface area contributed by atoms with Crippen molar-refractivity contribution in [3.05, 3.63) is 57.7 Å². The SMILES string of the molecule is COc1ccccc1CN(C)S(=O)(=O)c1ccc2c(c1)sc(=O)n2C. The number of benzene rings is 2. The molecule has 0 saturated heterocycles. The monoisotopic (exact) mass is 378 g/mol. The average molecular weight is 378 g/mol. The summed E-state index contributed by atoms with van der Waals surface area (Å²) in [6.07, 6.45) is 0. The summed E-state index contributed by atoms with van der Waals surface area (Å²) in [6.45, 7) is 0.190. The number of para-hydroxylation sites is 1. The first kappa shape index (κ1) is 17.7. The number of aromatic nitrogens is 1. The third-order valence-corrected chi connectivity index (χ3v) is 6.85. The number of ether oxygens (including phenoxy) is 1. The number of nitrogens with zero attached hydrogens (tertiary/aromatic N) is 2. The molecule has 1 aromatic heterocycles. The number of methoxy groups -OCH3 is 1. The lowest BCUT2D eigenvalue weighted by Gasteiger charge is -2.18. The summed E-state index contributed by atoms with van der Waals surface area (Å²) in [4.78, 5) is 11.8. The van der Waals surface area contributed by atoms with Crippen molar-refractivity contribution in [1.29, 1.82) is 0 Å². The molecule has 0 amide bonds. The normalized spacial score (nSPS) is 12.0. The highest BCUT2D eigenvalue weighted by Crippen LogP contribution is 2.25. The Labute approximate surface area is 149 Å². The minimum atomic E-state index is -3.68. The number of fused-ring (bicyclic) bond motifs is 1. The lowest BCUT2D eigenvalue weighted by molar-refractivity contribution is 0.398. The van der Waals surface area contributed by atoms with Gasteiger partial charge in [-0.2, -0.15) is 4.31 Å². The van der Waals surface area contributed by atoms with Crippen molar-refractivity contribution < 1.29 is 13.2 Å². The van der Waals surface area contributed by atoms with Crippen LogP contribution in [0.4, 0.5) is 0 Å². The smallest absolute Gasteiger partial charge is 0.307 e. The van der Waals surface area contributed by atoms with Gasteiger partial charge in [0.05, 0.1) is 22.2 Å². The summed E-state index contributed by atoms with van der Waals surface area (Å²) in [5.74, 6) is 0.640. The van der Waals surface area contributed by atoms with Crippen molar-refractivity contribution in [1.82, 2.24) is 8.87 Å². The fourth-order valence-electron chi connectivity index (χ4n) is 2.61. The topological polar surface area (TPSA) is 68.6 Å². The standard InChI is InChI=1S/C17H18N2O4S2/c1-18(11-12-6-4-5-7-15(12)23-3)25(21,22)13-8-9-14-16(10-13)24-17(20)19(14)2/h4-10H,11H2,1-3H3. The van der Waals surface area contributed by atoms with E-state index in [9.17, 15) is 13.2 Å². The predicted octanol–water partition coefficient (Wildman–Crippen LogP) is 2.43. The van der Waals surface area contributed by atoms with E-state index in [1.54, 1.807) is 32.4 Å². The quantitative estimate of drug-likeness (QED) is 0.684. The number of rotatable bonds is 5. The zero-order valence-corrected chi connectivity index (χ0v) is 15.7. The second-order valence-electron chi connectivity index (χ2n) is 5.63. The van der Waals surface area contributed by atoms with E-state index >= 15 is 0 Å². The van der Waals surface area contributed by atoms with Gasteiger partial charge < -0.3 is 9.30 Å². The molecule has 0 radical (unpaired) electrons. The van der Waals surface area contributed by atoms with Gasteiger partial charge in [0.2, 0.25) is 10.0 Å². The van der Waals surface area contributed by atoms with Gasteiger partial charge in [-0.05, 0) is 24.3 Å². The molecule has 0 aliphatic rings. The second-order valence-corrected chi connectivity index (χ2v) is 8.67. The molecule has 1 heterocycles. The molecule has 0 saturated carbocycles. The lowest BCUT2D eigenvalue weighted by Crippen LogP contribution is -2.26. The molecule has 0 aliphatic heterocycles. The zero-order chi connectivity index (χ0) is 18.2. The molecular weight excluding hydrogens is 360 g/mol. The van der Waals surface area contributed by atoms with Gasteiger partial charge in [0.1, 0.15) is 5.75 Å². The maximum atomic E-state index is 12.9. The van der Waals surface area contributed by atoms with E-state index in [2.05, 4.69) is 0 Å². The Balaban J connectivity index is 1.96. The van der Waals surface area contributed by atoms with Gasteiger partial charge in [-0.3, -0.25) is 4.79 Å². The molecule has 132 valence electrons. The van der Waals surface area contributed by atoms with E-state index in [0.29, 0.717) is 10.4 Å².